The number of hydrogen-bond donors (Lipinski definition) is 1. The number of nitro groups is 1. The van der Waals surface area contributed by atoms with Crippen LogP contribution in [0.1, 0.15) is 29.4 Å². The molecule has 1 aromatic rings. The minimum atomic E-state index is -3.12. The number of alkyl halides is 2. The van der Waals surface area contributed by atoms with E-state index < -0.39 is 40.1 Å². The number of carbonyl (C=O) groups excluding carboxylic acids is 1. The second kappa shape index (κ2) is 5.34. The molecule has 98 valence electrons. The van der Waals surface area contributed by atoms with E-state index in [1.165, 1.54) is 6.92 Å². The minimum Gasteiger partial charge on any atom is -0.501 e. The number of rotatable bonds is 4. The number of carbonyl (C=O) groups is 1. The van der Waals surface area contributed by atoms with Crippen LogP contribution in [0.15, 0.2) is 6.07 Å². The van der Waals surface area contributed by atoms with Crippen LogP contribution in [0.3, 0.4) is 0 Å². The highest BCUT2D eigenvalue weighted by molar-refractivity contribution is 5.89. The maximum absolute atomic E-state index is 12.6. The monoisotopic (exact) mass is 262 g/mol. The first-order valence-electron chi connectivity index (χ1n) is 4.72. The van der Waals surface area contributed by atoms with Gasteiger partial charge in [0, 0.05) is 6.07 Å². The molecule has 0 atom stereocenters. The lowest BCUT2D eigenvalue weighted by Gasteiger charge is -2.05. The molecule has 0 aromatic carbocycles. The summed E-state index contributed by atoms with van der Waals surface area (Å²) in [6.07, 6.45) is -3.12. The lowest BCUT2D eigenvalue weighted by Crippen LogP contribution is -2.12. The molecule has 0 amide bonds. The summed E-state index contributed by atoms with van der Waals surface area (Å²) in [5, 5.41) is 19.6. The smallest absolute Gasteiger partial charge is 0.406 e. The van der Waals surface area contributed by atoms with Crippen LogP contribution < -0.4 is 0 Å². The van der Waals surface area contributed by atoms with Gasteiger partial charge in [-0.3, -0.25) is 0 Å². The van der Waals surface area contributed by atoms with E-state index in [-0.39, 0.29) is 6.61 Å². The van der Waals surface area contributed by atoms with Crippen LogP contribution in [0.2, 0.25) is 0 Å². The number of esters is 1. The third-order valence-electron chi connectivity index (χ3n) is 1.89. The molecular weight excluding hydrogens is 254 g/mol. The summed E-state index contributed by atoms with van der Waals surface area (Å²) >= 11 is 0. The Kier molecular flexibility index (Phi) is 4.08. The topological polar surface area (TPSA) is 103 Å². The molecule has 18 heavy (non-hydrogen) atoms. The van der Waals surface area contributed by atoms with Gasteiger partial charge in [-0.05, 0) is 16.8 Å². The van der Waals surface area contributed by atoms with Gasteiger partial charge >= 0.3 is 11.8 Å². The van der Waals surface area contributed by atoms with Crippen molar-refractivity contribution in [2.45, 2.75) is 13.3 Å². The first-order chi connectivity index (χ1) is 8.38. The Labute approximate surface area is 99.2 Å². The zero-order chi connectivity index (χ0) is 13.9. The molecule has 0 saturated carbocycles. The molecule has 0 fully saturated rings. The highest BCUT2D eigenvalue weighted by Crippen LogP contribution is 2.31. The molecule has 1 rings (SSSR count). The maximum Gasteiger partial charge on any atom is 0.406 e. The predicted octanol–water partition coefficient (Wildman–Crippen LogP) is 1.81. The average Bonchev–Trinajstić information content (AvgIpc) is 2.28. The third-order valence-corrected chi connectivity index (χ3v) is 1.89. The van der Waals surface area contributed by atoms with Crippen LogP contribution in [0.5, 0.6) is 5.75 Å². The molecule has 0 unspecified atom stereocenters. The van der Waals surface area contributed by atoms with E-state index >= 15 is 0 Å². The van der Waals surface area contributed by atoms with Crippen LogP contribution in [0, 0.1) is 10.1 Å². The SMILES string of the molecule is CCOC(=O)c1nc([N+](=O)[O-])c(O)cc1C(F)F. The fourth-order valence-corrected chi connectivity index (χ4v) is 1.17. The van der Waals surface area contributed by atoms with Gasteiger partial charge in [0.2, 0.25) is 5.75 Å². The first-order valence-corrected chi connectivity index (χ1v) is 4.72. The zero-order valence-corrected chi connectivity index (χ0v) is 9.09. The highest BCUT2D eigenvalue weighted by atomic mass is 19.3. The number of aromatic hydroxyl groups is 1. The van der Waals surface area contributed by atoms with E-state index in [0.717, 1.165) is 0 Å². The van der Waals surface area contributed by atoms with Crippen molar-refractivity contribution < 1.29 is 28.3 Å². The molecule has 9 heteroatoms. The summed E-state index contributed by atoms with van der Waals surface area (Å²) in [5.41, 5.74) is -1.80. The van der Waals surface area contributed by atoms with Gasteiger partial charge in [-0.25, -0.2) is 13.6 Å². The van der Waals surface area contributed by atoms with Crippen molar-refractivity contribution in [2.24, 2.45) is 0 Å². The largest absolute Gasteiger partial charge is 0.501 e. The molecule has 0 spiro atoms. The van der Waals surface area contributed by atoms with Crippen molar-refractivity contribution in [1.29, 1.82) is 0 Å². The summed E-state index contributed by atoms with van der Waals surface area (Å²) in [4.78, 5) is 23.8. The summed E-state index contributed by atoms with van der Waals surface area (Å²) < 4.78 is 29.7. The van der Waals surface area contributed by atoms with Gasteiger partial charge in [0.1, 0.15) is 0 Å². The number of pyridine rings is 1. The first kappa shape index (κ1) is 13.7. The molecule has 0 radical (unpaired) electrons. The molecule has 1 N–H and O–H groups in total. The van der Waals surface area contributed by atoms with Crippen LogP contribution in [-0.4, -0.2) is 27.6 Å². The van der Waals surface area contributed by atoms with Gasteiger partial charge in [-0.1, -0.05) is 0 Å². The van der Waals surface area contributed by atoms with Crippen molar-refractivity contribution in [3.63, 3.8) is 0 Å². The summed E-state index contributed by atoms with van der Waals surface area (Å²) in [6, 6.07) is 0.433. The average molecular weight is 262 g/mol. The number of halogens is 2. The molecule has 1 aromatic heterocycles. The molecular formula is C9H8F2N2O5. The maximum atomic E-state index is 12.6. The molecule has 0 bridgehead atoms. The van der Waals surface area contributed by atoms with Crippen molar-refractivity contribution in [2.75, 3.05) is 6.61 Å². The number of hydrogen-bond acceptors (Lipinski definition) is 6. The Balaban J connectivity index is 3.40. The van der Waals surface area contributed by atoms with E-state index in [1.807, 2.05) is 0 Å². The van der Waals surface area contributed by atoms with Gasteiger partial charge in [0.15, 0.2) is 0 Å². The van der Waals surface area contributed by atoms with E-state index in [9.17, 15) is 23.7 Å². The molecule has 0 aliphatic rings. The Morgan fingerprint density at radius 3 is 2.72 bits per heavy atom. The van der Waals surface area contributed by atoms with E-state index in [4.69, 9.17) is 5.11 Å². The standard InChI is InChI=1S/C9H8F2N2O5/c1-2-18-9(15)6-4(7(10)11)3-5(14)8(12-6)13(16)17/h3,7,14H,2H2,1H3. The third kappa shape index (κ3) is 2.67. The van der Waals surface area contributed by atoms with Crippen molar-refractivity contribution in [3.8, 4) is 5.75 Å². The van der Waals surface area contributed by atoms with Gasteiger partial charge in [0.05, 0.1) is 12.2 Å². The van der Waals surface area contributed by atoms with Gasteiger partial charge in [-0.2, -0.15) is 0 Å². The minimum absolute atomic E-state index is 0.0993. The predicted molar refractivity (Wildman–Crippen MR) is 53.5 cm³/mol. The number of ether oxygens (including phenoxy) is 1. The van der Waals surface area contributed by atoms with Gasteiger partial charge in [-0.15, -0.1) is 0 Å². The molecule has 7 nitrogen and oxygen atoms in total. The van der Waals surface area contributed by atoms with E-state index in [1.54, 1.807) is 0 Å². The summed E-state index contributed by atoms with van der Waals surface area (Å²) in [5.74, 6) is -3.33. The number of aromatic nitrogens is 1. The van der Waals surface area contributed by atoms with Crippen molar-refractivity contribution in [3.05, 3.63) is 27.4 Å². The molecule has 0 aliphatic heterocycles. The fraction of sp³-hybridized carbons (Fsp3) is 0.333. The lowest BCUT2D eigenvalue weighted by atomic mass is 10.2. The second-order valence-corrected chi connectivity index (χ2v) is 3.05. The summed E-state index contributed by atoms with van der Waals surface area (Å²) in [7, 11) is 0. The second-order valence-electron chi connectivity index (χ2n) is 3.05. The number of nitrogens with zero attached hydrogens (tertiary/aromatic N) is 2. The Hall–Kier alpha value is -2.32. The Morgan fingerprint density at radius 2 is 2.28 bits per heavy atom. The van der Waals surface area contributed by atoms with E-state index in [0.29, 0.717) is 6.07 Å². The van der Waals surface area contributed by atoms with Crippen molar-refractivity contribution in [1.82, 2.24) is 4.98 Å². The van der Waals surface area contributed by atoms with Gasteiger partial charge in [0.25, 0.3) is 12.1 Å². The Bertz CT molecular complexity index is 492. The van der Waals surface area contributed by atoms with Crippen LogP contribution in [-0.2, 0) is 4.74 Å². The molecule has 0 aliphatic carbocycles. The van der Waals surface area contributed by atoms with Crippen LogP contribution >= 0.6 is 0 Å². The van der Waals surface area contributed by atoms with Crippen LogP contribution in [0.4, 0.5) is 14.6 Å². The zero-order valence-electron chi connectivity index (χ0n) is 9.09. The van der Waals surface area contributed by atoms with Crippen LogP contribution in [0.25, 0.3) is 0 Å². The van der Waals surface area contributed by atoms with Crippen molar-refractivity contribution >= 4 is 11.8 Å². The quantitative estimate of drug-likeness (QED) is 0.504. The Morgan fingerprint density at radius 1 is 1.67 bits per heavy atom. The normalized spacial score (nSPS) is 10.4. The van der Waals surface area contributed by atoms with Gasteiger partial charge < -0.3 is 20.0 Å². The highest BCUT2D eigenvalue weighted by Gasteiger charge is 2.31. The lowest BCUT2D eigenvalue weighted by molar-refractivity contribution is -0.390. The molecule has 0 saturated heterocycles. The fourth-order valence-electron chi connectivity index (χ4n) is 1.17. The molecule has 1 heterocycles. The summed E-state index contributed by atoms with van der Waals surface area (Å²) in [6.45, 7) is 1.34. The van der Waals surface area contributed by atoms with E-state index in [2.05, 4.69) is 9.72 Å².